The maximum absolute atomic E-state index is 12.7. The standard InChI is InChI=1S/C8H10F2/c1-6-3-2-4-7(9)5-8(6)10/h5H,2-4H2,1H3. The lowest BCUT2D eigenvalue weighted by molar-refractivity contribution is 0.574. The minimum Gasteiger partial charge on any atom is -0.212 e. The molecule has 0 saturated carbocycles. The monoisotopic (exact) mass is 144 g/mol. The summed E-state index contributed by atoms with van der Waals surface area (Å²) < 4.78 is 25.1. The second kappa shape index (κ2) is 2.95. The molecule has 2 heteroatoms. The van der Waals surface area contributed by atoms with Gasteiger partial charge in [0, 0.05) is 6.08 Å². The summed E-state index contributed by atoms with van der Waals surface area (Å²) in [5, 5.41) is 0. The minimum atomic E-state index is -0.394. The van der Waals surface area contributed by atoms with Crippen molar-refractivity contribution in [2.45, 2.75) is 26.2 Å². The Balaban J connectivity index is 2.82. The Bertz CT molecular complexity index is 189. The molecule has 10 heavy (non-hydrogen) atoms. The summed E-state index contributed by atoms with van der Waals surface area (Å²) in [6.45, 7) is 1.70. The first kappa shape index (κ1) is 7.45. The van der Waals surface area contributed by atoms with Crippen LogP contribution >= 0.6 is 0 Å². The van der Waals surface area contributed by atoms with Crippen molar-refractivity contribution in [3.8, 4) is 0 Å². The molecule has 56 valence electrons. The first-order valence-electron chi connectivity index (χ1n) is 3.41. The zero-order chi connectivity index (χ0) is 7.56. The normalized spacial score (nSPS) is 20.5. The summed E-state index contributed by atoms with van der Waals surface area (Å²) in [6.07, 6.45) is 2.77. The van der Waals surface area contributed by atoms with Gasteiger partial charge in [-0.05, 0) is 31.8 Å². The highest BCUT2D eigenvalue weighted by molar-refractivity contribution is 5.22. The van der Waals surface area contributed by atoms with Crippen LogP contribution in [0, 0.1) is 0 Å². The number of hydrogen-bond acceptors (Lipinski definition) is 0. The van der Waals surface area contributed by atoms with Crippen molar-refractivity contribution in [2.75, 3.05) is 0 Å². The molecule has 0 saturated heterocycles. The molecular weight excluding hydrogens is 134 g/mol. The molecule has 1 rings (SSSR count). The lowest BCUT2D eigenvalue weighted by Gasteiger charge is -1.94. The van der Waals surface area contributed by atoms with Crippen molar-refractivity contribution in [3.63, 3.8) is 0 Å². The minimum absolute atomic E-state index is 0.339. The van der Waals surface area contributed by atoms with E-state index in [1.165, 1.54) is 0 Å². The molecule has 0 amide bonds. The average Bonchev–Trinajstić information content (AvgIpc) is 1.96. The summed E-state index contributed by atoms with van der Waals surface area (Å²) in [5.74, 6) is -0.732. The molecule has 1 aliphatic rings. The molecule has 0 atom stereocenters. The van der Waals surface area contributed by atoms with Crippen LogP contribution in [0.5, 0.6) is 0 Å². The zero-order valence-electron chi connectivity index (χ0n) is 5.95. The molecule has 0 bridgehead atoms. The molecule has 0 spiro atoms. The molecule has 0 heterocycles. The third-order valence-electron chi connectivity index (χ3n) is 1.66. The third kappa shape index (κ3) is 1.66. The third-order valence-corrected chi connectivity index (χ3v) is 1.66. The molecule has 0 nitrogen and oxygen atoms in total. The van der Waals surface area contributed by atoms with Crippen molar-refractivity contribution < 1.29 is 8.78 Å². The fourth-order valence-electron chi connectivity index (χ4n) is 0.975. The fourth-order valence-corrected chi connectivity index (χ4v) is 0.975. The highest BCUT2D eigenvalue weighted by Gasteiger charge is 2.06. The van der Waals surface area contributed by atoms with Crippen LogP contribution in [0.25, 0.3) is 0 Å². The summed E-state index contributed by atoms with van der Waals surface area (Å²) in [4.78, 5) is 0. The van der Waals surface area contributed by atoms with Crippen LogP contribution in [0.4, 0.5) is 8.78 Å². The lowest BCUT2D eigenvalue weighted by Crippen LogP contribution is -1.76. The van der Waals surface area contributed by atoms with E-state index in [0.29, 0.717) is 18.4 Å². The van der Waals surface area contributed by atoms with Crippen LogP contribution in [-0.2, 0) is 0 Å². The van der Waals surface area contributed by atoms with Crippen LogP contribution in [0.15, 0.2) is 23.3 Å². The summed E-state index contributed by atoms with van der Waals surface area (Å²) in [5.41, 5.74) is 0.660. The quantitative estimate of drug-likeness (QED) is 0.489. The fraction of sp³-hybridized carbons (Fsp3) is 0.500. The maximum atomic E-state index is 12.7. The first-order chi connectivity index (χ1) is 4.70. The van der Waals surface area contributed by atoms with Gasteiger partial charge >= 0.3 is 0 Å². The van der Waals surface area contributed by atoms with E-state index in [4.69, 9.17) is 0 Å². The van der Waals surface area contributed by atoms with E-state index in [2.05, 4.69) is 0 Å². The SMILES string of the molecule is CC1=C(F)C=C(F)CCC1. The van der Waals surface area contributed by atoms with Crippen molar-refractivity contribution in [3.05, 3.63) is 23.3 Å². The average molecular weight is 144 g/mol. The van der Waals surface area contributed by atoms with Crippen LogP contribution in [0.3, 0.4) is 0 Å². The highest BCUT2D eigenvalue weighted by atomic mass is 19.1. The largest absolute Gasteiger partial charge is 0.212 e. The Morgan fingerprint density at radius 2 is 2.00 bits per heavy atom. The second-order valence-electron chi connectivity index (χ2n) is 2.57. The predicted octanol–water partition coefficient (Wildman–Crippen LogP) is 3.27. The van der Waals surface area contributed by atoms with Gasteiger partial charge in [0.05, 0.1) is 0 Å². The van der Waals surface area contributed by atoms with Gasteiger partial charge in [0.25, 0.3) is 0 Å². The summed E-state index contributed by atoms with van der Waals surface area (Å²) >= 11 is 0. The van der Waals surface area contributed by atoms with Crippen molar-refractivity contribution in [1.82, 2.24) is 0 Å². The van der Waals surface area contributed by atoms with E-state index >= 15 is 0 Å². The summed E-state index contributed by atoms with van der Waals surface area (Å²) in [7, 11) is 0. The predicted molar refractivity (Wildman–Crippen MR) is 36.9 cm³/mol. The van der Waals surface area contributed by atoms with Gasteiger partial charge in [-0.15, -0.1) is 0 Å². The number of allylic oxidation sites excluding steroid dienone is 4. The van der Waals surface area contributed by atoms with Gasteiger partial charge in [0.1, 0.15) is 11.7 Å². The highest BCUT2D eigenvalue weighted by Crippen LogP contribution is 2.23. The van der Waals surface area contributed by atoms with Gasteiger partial charge in [-0.25, -0.2) is 8.78 Å². The molecule has 0 radical (unpaired) electrons. The van der Waals surface area contributed by atoms with E-state index in [-0.39, 0.29) is 5.83 Å². The van der Waals surface area contributed by atoms with E-state index < -0.39 is 5.83 Å². The van der Waals surface area contributed by atoms with Crippen molar-refractivity contribution in [1.29, 1.82) is 0 Å². The molecule has 0 aromatic heterocycles. The first-order valence-corrected chi connectivity index (χ1v) is 3.41. The molecule has 0 aliphatic heterocycles. The molecule has 0 N–H and O–H groups in total. The van der Waals surface area contributed by atoms with Crippen molar-refractivity contribution in [2.24, 2.45) is 0 Å². The topological polar surface area (TPSA) is 0 Å². The Morgan fingerprint density at radius 1 is 1.30 bits per heavy atom. The van der Waals surface area contributed by atoms with Crippen LogP contribution in [0.1, 0.15) is 26.2 Å². The Labute approximate surface area is 59.2 Å². The summed E-state index contributed by atoms with van der Waals surface area (Å²) in [6, 6.07) is 0. The van der Waals surface area contributed by atoms with Crippen LogP contribution in [-0.4, -0.2) is 0 Å². The number of rotatable bonds is 0. The number of halogens is 2. The molecule has 1 aliphatic carbocycles. The van der Waals surface area contributed by atoms with Crippen LogP contribution < -0.4 is 0 Å². The van der Waals surface area contributed by atoms with E-state index in [9.17, 15) is 8.78 Å². The van der Waals surface area contributed by atoms with Gasteiger partial charge in [-0.3, -0.25) is 0 Å². The molecule has 0 aromatic rings. The van der Waals surface area contributed by atoms with Crippen molar-refractivity contribution >= 4 is 0 Å². The lowest BCUT2D eigenvalue weighted by atomic mass is 10.1. The smallest absolute Gasteiger partial charge is 0.124 e. The second-order valence-corrected chi connectivity index (χ2v) is 2.57. The maximum Gasteiger partial charge on any atom is 0.124 e. The van der Waals surface area contributed by atoms with Gasteiger partial charge in [-0.2, -0.15) is 0 Å². The van der Waals surface area contributed by atoms with E-state index in [1.54, 1.807) is 6.92 Å². The molecule has 0 aromatic carbocycles. The molecule has 0 fully saturated rings. The zero-order valence-corrected chi connectivity index (χ0v) is 5.95. The van der Waals surface area contributed by atoms with Gasteiger partial charge in [0.2, 0.25) is 0 Å². The Morgan fingerprint density at radius 3 is 2.70 bits per heavy atom. The van der Waals surface area contributed by atoms with Gasteiger partial charge in [-0.1, -0.05) is 0 Å². The Kier molecular flexibility index (Phi) is 2.20. The molecular formula is C8H10F2. The Hall–Kier alpha value is -0.660. The van der Waals surface area contributed by atoms with E-state index in [1.807, 2.05) is 0 Å². The van der Waals surface area contributed by atoms with Crippen LogP contribution in [0.2, 0.25) is 0 Å². The molecule has 0 unspecified atom stereocenters. The number of hydrogen-bond donors (Lipinski definition) is 0. The van der Waals surface area contributed by atoms with Gasteiger partial charge in [0.15, 0.2) is 0 Å². The van der Waals surface area contributed by atoms with Gasteiger partial charge < -0.3 is 0 Å². The van der Waals surface area contributed by atoms with E-state index in [0.717, 1.165) is 12.5 Å².